The standard InChI is InChI=1S/C33H37N3O5/c1-21(2)29(30(38)34-27-13-9-12-26(18-27)22(3)33(4,5)32(39)40)24-16-14-23(15-17-24)19-36-28(37)20-41-31(35-36)25-10-7-6-8-11-25/h6-18,21-22,29H,19-20H2,1-5H3,(H,34,38)(H,39,40). The maximum atomic E-state index is 13.5. The Morgan fingerprint density at radius 3 is 2.29 bits per heavy atom. The van der Waals surface area contributed by atoms with Gasteiger partial charge in [0, 0.05) is 11.3 Å². The molecule has 4 rings (SSSR count). The van der Waals surface area contributed by atoms with E-state index in [0.717, 1.165) is 22.3 Å². The largest absolute Gasteiger partial charge is 0.481 e. The molecule has 0 spiro atoms. The van der Waals surface area contributed by atoms with Crippen LogP contribution in [0.1, 0.15) is 68.7 Å². The average Bonchev–Trinajstić information content (AvgIpc) is 2.95. The topological polar surface area (TPSA) is 108 Å². The molecule has 2 unspecified atom stereocenters. The smallest absolute Gasteiger partial charge is 0.309 e. The summed E-state index contributed by atoms with van der Waals surface area (Å²) in [6, 6.07) is 24.5. The van der Waals surface area contributed by atoms with E-state index in [9.17, 15) is 19.5 Å². The molecule has 1 aliphatic rings. The van der Waals surface area contributed by atoms with Crippen molar-refractivity contribution in [2.75, 3.05) is 11.9 Å². The highest BCUT2D eigenvalue weighted by Gasteiger charge is 2.35. The second-order valence-corrected chi connectivity index (χ2v) is 11.3. The lowest BCUT2D eigenvalue weighted by atomic mass is 9.76. The molecule has 1 heterocycles. The number of anilines is 1. The number of carboxylic acid groups (broad SMARTS) is 1. The Hall–Kier alpha value is -4.46. The zero-order valence-corrected chi connectivity index (χ0v) is 24.1. The lowest BCUT2D eigenvalue weighted by Gasteiger charge is -2.28. The summed E-state index contributed by atoms with van der Waals surface area (Å²) in [6.07, 6.45) is 0. The third kappa shape index (κ3) is 6.82. The van der Waals surface area contributed by atoms with Gasteiger partial charge in [0.25, 0.3) is 5.91 Å². The van der Waals surface area contributed by atoms with Gasteiger partial charge in [0.05, 0.1) is 17.9 Å². The first-order valence-electron chi connectivity index (χ1n) is 13.8. The minimum Gasteiger partial charge on any atom is -0.481 e. The number of carbonyl (C=O) groups is 3. The third-order valence-corrected chi connectivity index (χ3v) is 7.76. The molecule has 41 heavy (non-hydrogen) atoms. The number of benzene rings is 3. The second kappa shape index (κ2) is 12.4. The number of aliphatic carboxylic acids is 1. The molecule has 1 aliphatic heterocycles. The van der Waals surface area contributed by atoms with E-state index < -0.39 is 17.3 Å². The van der Waals surface area contributed by atoms with E-state index in [2.05, 4.69) is 10.4 Å². The highest BCUT2D eigenvalue weighted by atomic mass is 16.5. The van der Waals surface area contributed by atoms with E-state index in [1.54, 1.807) is 13.8 Å². The van der Waals surface area contributed by atoms with Gasteiger partial charge in [-0.25, -0.2) is 5.01 Å². The van der Waals surface area contributed by atoms with Crippen LogP contribution in [0.5, 0.6) is 0 Å². The Bertz CT molecular complexity index is 1430. The third-order valence-electron chi connectivity index (χ3n) is 7.76. The van der Waals surface area contributed by atoms with Crippen molar-refractivity contribution in [3.63, 3.8) is 0 Å². The van der Waals surface area contributed by atoms with Gasteiger partial charge in [-0.3, -0.25) is 14.4 Å². The highest BCUT2D eigenvalue weighted by Crippen LogP contribution is 2.36. The molecule has 0 fully saturated rings. The minimum atomic E-state index is -0.953. The van der Waals surface area contributed by atoms with E-state index in [4.69, 9.17) is 4.74 Å². The molecule has 2 N–H and O–H groups in total. The van der Waals surface area contributed by atoms with Gasteiger partial charge in [-0.2, -0.15) is 0 Å². The van der Waals surface area contributed by atoms with Crippen molar-refractivity contribution in [2.45, 2.75) is 53.0 Å². The number of hydrazone groups is 1. The summed E-state index contributed by atoms with van der Waals surface area (Å²) in [5.41, 5.74) is 3.06. The first-order valence-corrected chi connectivity index (χ1v) is 13.8. The van der Waals surface area contributed by atoms with Crippen LogP contribution in [0.15, 0.2) is 84.0 Å². The van der Waals surface area contributed by atoms with Crippen LogP contribution >= 0.6 is 0 Å². The van der Waals surface area contributed by atoms with E-state index in [1.165, 1.54) is 5.01 Å². The predicted molar refractivity (Wildman–Crippen MR) is 158 cm³/mol. The number of amides is 2. The molecule has 0 saturated heterocycles. The summed E-state index contributed by atoms with van der Waals surface area (Å²) >= 11 is 0. The number of rotatable bonds is 10. The van der Waals surface area contributed by atoms with Gasteiger partial charge >= 0.3 is 5.97 Å². The fourth-order valence-electron chi connectivity index (χ4n) is 4.79. The molecule has 2 amide bonds. The molecule has 0 bridgehead atoms. The van der Waals surface area contributed by atoms with Crippen LogP contribution < -0.4 is 5.32 Å². The molecular formula is C33H37N3O5. The van der Waals surface area contributed by atoms with Crippen LogP contribution in [-0.2, 0) is 25.7 Å². The average molecular weight is 556 g/mol. The monoisotopic (exact) mass is 555 g/mol. The number of carboxylic acids is 1. The van der Waals surface area contributed by atoms with Crippen LogP contribution in [0.4, 0.5) is 5.69 Å². The normalized spacial score (nSPS) is 15.1. The Balaban J connectivity index is 1.48. The van der Waals surface area contributed by atoms with Crippen molar-refractivity contribution in [1.29, 1.82) is 0 Å². The summed E-state index contributed by atoms with van der Waals surface area (Å²) < 4.78 is 5.53. The quantitative estimate of drug-likeness (QED) is 0.319. The number of hydrogen-bond acceptors (Lipinski definition) is 5. The zero-order chi connectivity index (χ0) is 29.7. The molecule has 0 aliphatic carbocycles. The van der Waals surface area contributed by atoms with Crippen molar-refractivity contribution in [3.8, 4) is 0 Å². The number of nitrogens with zero attached hydrogens (tertiary/aromatic N) is 2. The van der Waals surface area contributed by atoms with Crippen LogP contribution in [-0.4, -0.2) is 40.4 Å². The first-order chi connectivity index (χ1) is 19.5. The Kier molecular flexibility index (Phi) is 8.91. The van der Waals surface area contributed by atoms with Crippen molar-refractivity contribution in [3.05, 3.63) is 101 Å². The maximum Gasteiger partial charge on any atom is 0.309 e. The fourth-order valence-corrected chi connectivity index (χ4v) is 4.79. The van der Waals surface area contributed by atoms with Gasteiger partial charge < -0.3 is 15.2 Å². The predicted octanol–water partition coefficient (Wildman–Crippen LogP) is 6.00. The number of hydrogen-bond donors (Lipinski definition) is 2. The van der Waals surface area contributed by atoms with E-state index in [0.29, 0.717) is 11.6 Å². The van der Waals surface area contributed by atoms with Gasteiger partial charge in [0.1, 0.15) is 0 Å². The van der Waals surface area contributed by atoms with Crippen LogP contribution in [0.3, 0.4) is 0 Å². The summed E-state index contributed by atoms with van der Waals surface area (Å²) in [7, 11) is 0. The zero-order valence-electron chi connectivity index (χ0n) is 24.1. The van der Waals surface area contributed by atoms with Crippen molar-refractivity contribution >= 4 is 29.4 Å². The minimum absolute atomic E-state index is 0.0211. The summed E-state index contributed by atoms with van der Waals surface area (Å²) in [5.74, 6) is -1.47. The number of carbonyl (C=O) groups excluding carboxylic acids is 2. The van der Waals surface area contributed by atoms with E-state index in [1.807, 2.05) is 99.6 Å². The molecule has 8 nitrogen and oxygen atoms in total. The molecular weight excluding hydrogens is 518 g/mol. The van der Waals surface area contributed by atoms with Gasteiger partial charge in [0.2, 0.25) is 11.8 Å². The van der Waals surface area contributed by atoms with Crippen molar-refractivity contribution in [1.82, 2.24) is 5.01 Å². The van der Waals surface area contributed by atoms with E-state index >= 15 is 0 Å². The van der Waals surface area contributed by atoms with Crippen molar-refractivity contribution < 1.29 is 24.2 Å². The van der Waals surface area contributed by atoms with Gasteiger partial charge in [-0.15, -0.1) is 5.10 Å². The van der Waals surface area contributed by atoms with Crippen LogP contribution in [0.25, 0.3) is 0 Å². The molecule has 3 aromatic rings. The fraction of sp³-hybridized carbons (Fsp3) is 0.333. The summed E-state index contributed by atoms with van der Waals surface area (Å²) in [5, 5.41) is 18.5. The lowest BCUT2D eigenvalue weighted by molar-refractivity contribution is -0.148. The molecule has 3 aromatic carbocycles. The SMILES string of the molecule is CC(C)C(C(=O)Nc1cccc(C(C)C(C)(C)C(=O)O)c1)c1ccc(CN2N=C(c3ccccc3)OCC2=O)cc1. The Morgan fingerprint density at radius 2 is 1.66 bits per heavy atom. The van der Waals surface area contributed by atoms with Gasteiger partial charge in [0.15, 0.2) is 6.61 Å². The molecule has 8 heteroatoms. The summed E-state index contributed by atoms with van der Waals surface area (Å²) in [6.45, 7) is 9.49. The number of ether oxygens (including phenoxy) is 1. The molecule has 0 aromatic heterocycles. The summed E-state index contributed by atoms with van der Waals surface area (Å²) in [4.78, 5) is 37.7. The van der Waals surface area contributed by atoms with Crippen molar-refractivity contribution in [2.24, 2.45) is 16.4 Å². The number of nitrogens with one attached hydrogen (secondary N) is 1. The molecule has 214 valence electrons. The van der Waals surface area contributed by atoms with Crippen LogP contribution in [0, 0.1) is 11.3 Å². The molecule has 0 radical (unpaired) electrons. The Morgan fingerprint density at radius 1 is 0.976 bits per heavy atom. The second-order valence-electron chi connectivity index (χ2n) is 11.3. The van der Waals surface area contributed by atoms with Gasteiger partial charge in [-0.05, 0) is 66.6 Å². The molecule has 0 saturated carbocycles. The maximum absolute atomic E-state index is 13.5. The van der Waals surface area contributed by atoms with E-state index in [-0.39, 0.29) is 36.8 Å². The van der Waals surface area contributed by atoms with Crippen LogP contribution in [0.2, 0.25) is 0 Å². The first kappa shape index (κ1) is 29.5. The highest BCUT2D eigenvalue weighted by molar-refractivity contribution is 5.98. The molecule has 2 atom stereocenters. The Labute approximate surface area is 241 Å². The lowest BCUT2D eigenvalue weighted by Crippen LogP contribution is -2.36. The van der Waals surface area contributed by atoms with Gasteiger partial charge in [-0.1, -0.05) is 75.4 Å².